The first kappa shape index (κ1) is 13.5. The number of rotatable bonds is 4. The number of carboxylic acids is 1. The summed E-state index contributed by atoms with van der Waals surface area (Å²) in [5.74, 6) is -0.940. The Hall–Kier alpha value is -1.95. The minimum absolute atomic E-state index is 0.212. The van der Waals surface area contributed by atoms with Gasteiger partial charge in [-0.1, -0.05) is 18.5 Å². The Morgan fingerprint density at radius 1 is 1.47 bits per heavy atom. The van der Waals surface area contributed by atoms with E-state index < -0.39 is 11.9 Å². The molecule has 1 atom stereocenters. The summed E-state index contributed by atoms with van der Waals surface area (Å²) in [5, 5.41) is 20.9. The van der Waals surface area contributed by atoms with Gasteiger partial charge in [0.25, 0.3) is 0 Å². The standard InChI is InChI=1S/C12H13ClN4O2/c1-7-3-9(5-10(13)4-7)11-14-15-16-17(11)6-8(2)12(18)19/h3-5,8H,6H2,1-2H3,(H,18,19). The highest BCUT2D eigenvalue weighted by Gasteiger charge is 2.16. The Morgan fingerprint density at radius 2 is 2.21 bits per heavy atom. The quantitative estimate of drug-likeness (QED) is 0.927. The molecular weight excluding hydrogens is 268 g/mol. The first-order valence-corrected chi connectivity index (χ1v) is 6.11. The lowest BCUT2D eigenvalue weighted by atomic mass is 10.1. The summed E-state index contributed by atoms with van der Waals surface area (Å²) in [5.41, 5.74) is 1.76. The van der Waals surface area contributed by atoms with Gasteiger partial charge in [0.15, 0.2) is 5.82 Å². The van der Waals surface area contributed by atoms with Gasteiger partial charge in [-0.3, -0.25) is 4.79 Å². The normalized spacial score (nSPS) is 12.4. The Bertz CT molecular complexity index is 591. The van der Waals surface area contributed by atoms with Gasteiger partial charge in [-0.25, -0.2) is 4.68 Å². The van der Waals surface area contributed by atoms with Gasteiger partial charge < -0.3 is 5.11 Å². The molecule has 0 amide bonds. The molecule has 7 heteroatoms. The second-order valence-electron chi connectivity index (χ2n) is 4.44. The highest BCUT2D eigenvalue weighted by Crippen LogP contribution is 2.23. The summed E-state index contributed by atoms with van der Waals surface area (Å²) in [6.07, 6.45) is 0. The molecule has 19 heavy (non-hydrogen) atoms. The van der Waals surface area contributed by atoms with Crippen LogP contribution in [-0.2, 0) is 11.3 Å². The molecule has 100 valence electrons. The molecule has 1 unspecified atom stereocenters. The lowest BCUT2D eigenvalue weighted by Crippen LogP contribution is -2.18. The third-order valence-electron chi connectivity index (χ3n) is 2.70. The van der Waals surface area contributed by atoms with Crippen molar-refractivity contribution < 1.29 is 9.90 Å². The highest BCUT2D eigenvalue weighted by atomic mass is 35.5. The highest BCUT2D eigenvalue weighted by molar-refractivity contribution is 6.30. The number of nitrogens with zero attached hydrogens (tertiary/aromatic N) is 4. The fraction of sp³-hybridized carbons (Fsp3) is 0.333. The lowest BCUT2D eigenvalue weighted by molar-refractivity contribution is -0.141. The van der Waals surface area contributed by atoms with Crippen LogP contribution in [0.2, 0.25) is 5.02 Å². The smallest absolute Gasteiger partial charge is 0.308 e. The van der Waals surface area contributed by atoms with Crippen LogP contribution in [0, 0.1) is 12.8 Å². The van der Waals surface area contributed by atoms with Crippen molar-refractivity contribution in [2.45, 2.75) is 20.4 Å². The maximum atomic E-state index is 10.9. The van der Waals surface area contributed by atoms with E-state index in [1.54, 1.807) is 13.0 Å². The Kier molecular flexibility index (Phi) is 3.80. The van der Waals surface area contributed by atoms with Gasteiger partial charge in [-0.05, 0) is 41.1 Å². The monoisotopic (exact) mass is 280 g/mol. The second-order valence-corrected chi connectivity index (χ2v) is 4.88. The number of halogens is 1. The molecule has 0 aliphatic carbocycles. The fourth-order valence-corrected chi connectivity index (χ4v) is 2.03. The number of aromatic nitrogens is 4. The van der Waals surface area contributed by atoms with Crippen LogP contribution in [0.3, 0.4) is 0 Å². The van der Waals surface area contributed by atoms with E-state index in [9.17, 15) is 4.79 Å². The first-order valence-electron chi connectivity index (χ1n) is 5.74. The maximum Gasteiger partial charge on any atom is 0.308 e. The van der Waals surface area contributed by atoms with E-state index in [0.29, 0.717) is 10.8 Å². The van der Waals surface area contributed by atoms with Crippen molar-refractivity contribution in [1.29, 1.82) is 0 Å². The molecule has 1 aromatic heterocycles. The number of carbonyl (C=O) groups is 1. The van der Waals surface area contributed by atoms with E-state index in [0.717, 1.165) is 11.1 Å². The zero-order valence-electron chi connectivity index (χ0n) is 10.5. The predicted octanol–water partition coefficient (Wildman–Crippen LogP) is 2.02. The topological polar surface area (TPSA) is 80.9 Å². The summed E-state index contributed by atoms with van der Waals surface area (Å²) >= 11 is 6.00. The largest absolute Gasteiger partial charge is 0.481 e. The minimum atomic E-state index is -0.885. The van der Waals surface area contributed by atoms with E-state index in [1.165, 1.54) is 4.68 Å². The van der Waals surface area contributed by atoms with E-state index in [-0.39, 0.29) is 6.54 Å². The number of aryl methyl sites for hydroxylation is 1. The molecule has 6 nitrogen and oxygen atoms in total. The van der Waals surface area contributed by atoms with Crippen LogP contribution in [0.25, 0.3) is 11.4 Å². The summed E-state index contributed by atoms with van der Waals surface area (Å²) in [7, 11) is 0. The average molecular weight is 281 g/mol. The van der Waals surface area contributed by atoms with Gasteiger partial charge in [0.1, 0.15) is 0 Å². The van der Waals surface area contributed by atoms with Crippen molar-refractivity contribution in [1.82, 2.24) is 20.2 Å². The molecule has 1 aromatic carbocycles. The van der Waals surface area contributed by atoms with Gasteiger partial charge in [0.2, 0.25) is 0 Å². The zero-order chi connectivity index (χ0) is 14.0. The summed E-state index contributed by atoms with van der Waals surface area (Å²) < 4.78 is 1.48. The summed E-state index contributed by atoms with van der Waals surface area (Å²) in [6, 6.07) is 5.49. The fourth-order valence-electron chi connectivity index (χ4n) is 1.74. The van der Waals surface area contributed by atoms with Gasteiger partial charge in [-0.2, -0.15) is 0 Å². The predicted molar refractivity (Wildman–Crippen MR) is 69.8 cm³/mol. The minimum Gasteiger partial charge on any atom is -0.481 e. The van der Waals surface area contributed by atoms with Crippen LogP contribution >= 0.6 is 11.6 Å². The Morgan fingerprint density at radius 3 is 2.84 bits per heavy atom. The SMILES string of the molecule is Cc1cc(Cl)cc(-c2nnnn2CC(C)C(=O)O)c1. The van der Waals surface area contributed by atoms with Crippen molar-refractivity contribution in [2.75, 3.05) is 0 Å². The molecule has 1 N–H and O–H groups in total. The molecule has 0 aliphatic heterocycles. The molecule has 2 rings (SSSR count). The van der Waals surface area contributed by atoms with E-state index in [1.807, 2.05) is 19.1 Å². The first-order chi connectivity index (χ1) is 8.97. The van der Waals surface area contributed by atoms with Crippen LogP contribution in [0.5, 0.6) is 0 Å². The van der Waals surface area contributed by atoms with Gasteiger partial charge in [0, 0.05) is 10.6 Å². The van der Waals surface area contributed by atoms with Crippen LogP contribution in [0.15, 0.2) is 18.2 Å². The molecule has 0 radical (unpaired) electrons. The summed E-state index contributed by atoms with van der Waals surface area (Å²) in [4.78, 5) is 10.9. The van der Waals surface area contributed by atoms with Crippen molar-refractivity contribution in [3.8, 4) is 11.4 Å². The molecule has 0 spiro atoms. The molecule has 0 saturated carbocycles. The number of hydrogen-bond acceptors (Lipinski definition) is 4. The van der Waals surface area contributed by atoms with E-state index in [2.05, 4.69) is 15.5 Å². The van der Waals surface area contributed by atoms with E-state index in [4.69, 9.17) is 16.7 Å². The van der Waals surface area contributed by atoms with Gasteiger partial charge in [0.05, 0.1) is 12.5 Å². The number of tetrazole rings is 1. The van der Waals surface area contributed by atoms with Crippen molar-refractivity contribution in [3.05, 3.63) is 28.8 Å². The third kappa shape index (κ3) is 3.08. The molecule has 0 aliphatic rings. The van der Waals surface area contributed by atoms with Crippen LogP contribution < -0.4 is 0 Å². The van der Waals surface area contributed by atoms with Gasteiger partial charge in [-0.15, -0.1) is 5.10 Å². The number of aliphatic carboxylic acids is 1. The third-order valence-corrected chi connectivity index (χ3v) is 2.92. The molecule has 0 bridgehead atoms. The van der Waals surface area contributed by atoms with Gasteiger partial charge >= 0.3 is 5.97 Å². The number of carboxylic acid groups (broad SMARTS) is 1. The van der Waals surface area contributed by atoms with Crippen LogP contribution in [-0.4, -0.2) is 31.3 Å². The Balaban J connectivity index is 2.36. The Labute approximate surface area is 115 Å². The average Bonchev–Trinajstić information content (AvgIpc) is 2.75. The molecule has 0 saturated heterocycles. The lowest BCUT2D eigenvalue weighted by Gasteiger charge is -2.08. The van der Waals surface area contributed by atoms with Crippen LogP contribution in [0.4, 0.5) is 0 Å². The summed E-state index contributed by atoms with van der Waals surface area (Å²) in [6.45, 7) is 3.74. The maximum absolute atomic E-state index is 10.9. The number of hydrogen-bond donors (Lipinski definition) is 1. The zero-order valence-corrected chi connectivity index (χ0v) is 11.3. The van der Waals surface area contributed by atoms with Crippen molar-refractivity contribution in [2.24, 2.45) is 5.92 Å². The molecule has 1 heterocycles. The van der Waals surface area contributed by atoms with Crippen molar-refractivity contribution in [3.63, 3.8) is 0 Å². The van der Waals surface area contributed by atoms with Crippen LogP contribution in [0.1, 0.15) is 12.5 Å². The molecular formula is C12H13ClN4O2. The molecule has 2 aromatic rings. The van der Waals surface area contributed by atoms with Crippen molar-refractivity contribution >= 4 is 17.6 Å². The number of benzene rings is 1. The molecule has 0 fully saturated rings. The second kappa shape index (κ2) is 5.36. The van der Waals surface area contributed by atoms with E-state index >= 15 is 0 Å².